The van der Waals surface area contributed by atoms with Crippen molar-refractivity contribution in [1.29, 1.82) is 0 Å². The number of nitrogens with two attached hydrogens (primary N) is 1. The maximum absolute atomic E-state index is 11.2. The third kappa shape index (κ3) is 3.17. The average Bonchev–Trinajstić information content (AvgIpc) is 2.91. The quantitative estimate of drug-likeness (QED) is 0.888. The zero-order valence-corrected chi connectivity index (χ0v) is 14.0. The molecule has 3 N–H and O–H groups in total. The highest BCUT2D eigenvalue weighted by atomic mass is 35.5. The van der Waals surface area contributed by atoms with E-state index < -0.39 is 5.91 Å². The Bertz CT molecular complexity index is 758. The first-order valence-electron chi connectivity index (χ1n) is 7.80. The van der Waals surface area contributed by atoms with Gasteiger partial charge >= 0.3 is 0 Å². The molecule has 120 valence electrons. The van der Waals surface area contributed by atoms with Gasteiger partial charge in [0.25, 0.3) is 0 Å². The molecule has 1 unspecified atom stereocenters. The van der Waals surface area contributed by atoms with E-state index in [2.05, 4.69) is 42.3 Å². The van der Waals surface area contributed by atoms with Gasteiger partial charge in [0, 0.05) is 6.20 Å². The minimum absolute atomic E-state index is 0.188. The summed E-state index contributed by atoms with van der Waals surface area (Å²) in [4.78, 5) is 15.4. The number of rotatable bonds is 4. The van der Waals surface area contributed by atoms with Crippen molar-refractivity contribution in [2.45, 2.75) is 38.6 Å². The molecule has 0 saturated heterocycles. The number of halogens is 1. The molecule has 1 heterocycles. The number of nitrogens with one attached hydrogen (secondary N) is 1. The van der Waals surface area contributed by atoms with Crippen LogP contribution in [0.2, 0.25) is 5.02 Å². The SMILES string of the molecule is CC(C)c1ccc2c(c1)C(Nc1ncc(C(N)=O)cc1Cl)CC2. The first-order valence-corrected chi connectivity index (χ1v) is 8.18. The van der Waals surface area contributed by atoms with Crippen LogP contribution in [0.4, 0.5) is 5.82 Å². The summed E-state index contributed by atoms with van der Waals surface area (Å²) in [5.74, 6) is 0.557. The van der Waals surface area contributed by atoms with E-state index in [-0.39, 0.29) is 6.04 Å². The predicted octanol–water partition coefficient (Wildman–Crippen LogP) is 4.06. The molecule has 1 aromatic carbocycles. The molecule has 3 rings (SSSR count). The minimum atomic E-state index is -0.529. The molecule has 23 heavy (non-hydrogen) atoms. The fourth-order valence-electron chi connectivity index (χ4n) is 2.97. The number of amides is 1. The zero-order valence-electron chi connectivity index (χ0n) is 13.3. The fourth-order valence-corrected chi connectivity index (χ4v) is 3.19. The Hall–Kier alpha value is -2.07. The normalized spacial score (nSPS) is 16.4. The molecule has 0 spiro atoms. The second-order valence-electron chi connectivity index (χ2n) is 6.27. The van der Waals surface area contributed by atoms with Gasteiger partial charge in [-0.25, -0.2) is 4.98 Å². The van der Waals surface area contributed by atoms with E-state index in [1.165, 1.54) is 22.9 Å². The standard InChI is InChI=1S/C18H20ClN3O/c1-10(2)12-4-3-11-5-6-16(14(11)7-12)22-18-15(19)8-13(9-21-18)17(20)23/h3-4,7-10,16H,5-6H2,1-2H3,(H2,20,23)(H,21,22). The number of primary amides is 1. The Labute approximate surface area is 141 Å². The molecule has 0 fully saturated rings. The van der Waals surface area contributed by atoms with Crippen LogP contribution in [0.5, 0.6) is 0 Å². The second-order valence-corrected chi connectivity index (χ2v) is 6.67. The van der Waals surface area contributed by atoms with Crippen LogP contribution < -0.4 is 11.1 Å². The Kier molecular flexibility index (Phi) is 4.26. The summed E-state index contributed by atoms with van der Waals surface area (Å²) in [5.41, 5.74) is 9.58. The van der Waals surface area contributed by atoms with E-state index in [1.807, 2.05) is 0 Å². The lowest BCUT2D eigenvalue weighted by molar-refractivity contribution is 0.1000. The van der Waals surface area contributed by atoms with Crippen molar-refractivity contribution in [3.05, 3.63) is 57.7 Å². The van der Waals surface area contributed by atoms with Crippen molar-refractivity contribution >= 4 is 23.3 Å². The number of hydrogen-bond donors (Lipinski definition) is 2. The number of carbonyl (C=O) groups is 1. The molecule has 1 aliphatic carbocycles. The van der Waals surface area contributed by atoms with E-state index in [4.69, 9.17) is 17.3 Å². The van der Waals surface area contributed by atoms with Crippen LogP contribution in [0.3, 0.4) is 0 Å². The summed E-state index contributed by atoms with van der Waals surface area (Å²) in [5, 5.41) is 3.81. The molecule has 0 bridgehead atoms. The van der Waals surface area contributed by atoms with E-state index in [9.17, 15) is 4.79 Å². The number of carbonyl (C=O) groups excluding carboxylic acids is 1. The third-order valence-electron chi connectivity index (χ3n) is 4.35. The Morgan fingerprint density at radius 1 is 1.39 bits per heavy atom. The van der Waals surface area contributed by atoms with Crippen LogP contribution in [0.15, 0.2) is 30.5 Å². The van der Waals surface area contributed by atoms with Crippen LogP contribution in [0.25, 0.3) is 0 Å². The van der Waals surface area contributed by atoms with Gasteiger partial charge in [-0.3, -0.25) is 4.79 Å². The molecule has 0 aliphatic heterocycles. The smallest absolute Gasteiger partial charge is 0.250 e. The minimum Gasteiger partial charge on any atom is -0.366 e. The zero-order chi connectivity index (χ0) is 16.6. The van der Waals surface area contributed by atoms with Gasteiger partial charge < -0.3 is 11.1 Å². The Morgan fingerprint density at radius 2 is 2.17 bits per heavy atom. The molecule has 1 atom stereocenters. The molecule has 4 nitrogen and oxygen atoms in total. The molecule has 0 saturated carbocycles. The summed E-state index contributed by atoms with van der Waals surface area (Å²) in [6, 6.07) is 8.44. The summed E-state index contributed by atoms with van der Waals surface area (Å²) in [7, 11) is 0. The van der Waals surface area contributed by atoms with E-state index in [1.54, 1.807) is 6.07 Å². The van der Waals surface area contributed by atoms with Gasteiger partial charge in [-0.1, -0.05) is 43.6 Å². The van der Waals surface area contributed by atoms with Gasteiger partial charge in [-0.2, -0.15) is 0 Å². The van der Waals surface area contributed by atoms with Crippen molar-refractivity contribution in [2.24, 2.45) is 5.73 Å². The highest BCUT2D eigenvalue weighted by Crippen LogP contribution is 2.36. The Morgan fingerprint density at radius 3 is 2.83 bits per heavy atom. The molecular weight excluding hydrogens is 310 g/mol. The maximum Gasteiger partial charge on any atom is 0.250 e. The summed E-state index contributed by atoms with van der Waals surface area (Å²) in [6.07, 6.45) is 3.51. The lowest BCUT2D eigenvalue weighted by atomic mass is 9.97. The van der Waals surface area contributed by atoms with Gasteiger partial charge in [0.2, 0.25) is 5.91 Å². The molecule has 1 aliphatic rings. The van der Waals surface area contributed by atoms with Crippen molar-refractivity contribution in [1.82, 2.24) is 4.98 Å². The number of fused-ring (bicyclic) bond motifs is 1. The molecular formula is C18H20ClN3O. The number of anilines is 1. The lowest BCUT2D eigenvalue weighted by Gasteiger charge is -2.17. The van der Waals surface area contributed by atoms with Crippen LogP contribution in [0, 0.1) is 0 Å². The topological polar surface area (TPSA) is 68.0 Å². The molecule has 1 amide bonds. The first-order chi connectivity index (χ1) is 11.0. The second kappa shape index (κ2) is 6.20. The van der Waals surface area contributed by atoms with Crippen LogP contribution >= 0.6 is 11.6 Å². The number of nitrogens with zero attached hydrogens (tertiary/aromatic N) is 1. The monoisotopic (exact) mass is 329 g/mol. The highest BCUT2D eigenvalue weighted by molar-refractivity contribution is 6.33. The summed E-state index contributed by atoms with van der Waals surface area (Å²) < 4.78 is 0. The first kappa shape index (κ1) is 15.8. The van der Waals surface area contributed by atoms with Crippen LogP contribution in [-0.2, 0) is 6.42 Å². The number of pyridine rings is 1. The van der Waals surface area contributed by atoms with Crippen molar-refractivity contribution < 1.29 is 4.79 Å². The van der Waals surface area contributed by atoms with Crippen LogP contribution in [-0.4, -0.2) is 10.9 Å². The number of hydrogen-bond acceptors (Lipinski definition) is 3. The number of benzene rings is 1. The lowest BCUT2D eigenvalue weighted by Crippen LogP contribution is -2.13. The van der Waals surface area contributed by atoms with Crippen molar-refractivity contribution in [3.63, 3.8) is 0 Å². The molecule has 1 aromatic heterocycles. The van der Waals surface area contributed by atoms with Crippen molar-refractivity contribution in [2.75, 3.05) is 5.32 Å². The highest BCUT2D eigenvalue weighted by Gasteiger charge is 2.24. The Balaban J connectivity index is 1.86. The van der Waals surface area contributed by atoms with E-state index in [0.29, 0.717) is 22.3 Å². The molecule has 2 aromatic rings. The van der Waals surface area contributed by atoms with Gasteiger partial charge in [0.05, 0.1) is 16.6 Å². The van der Waals surface area contributed by atoms with Crippen molar-refractivity contribution in [3.8, 4) is 0 Å². The van der Waals surface area contributed by atoms with E-state index in [0.717, 1.165) is 12.8 Å². The van der Waals surface area contributed by atoms with Gasteiger partial charge in [0.15, 0.2) is 0 Å². The van der Waals surface area contributed by atoms with E-state index >= 15 is 0 Å². The van der Waals surface area contributed by atoms with Gasteiger partial charge in [0.1, 0.15) is 5.82 Å². The average molecular weight is 330 g/mol. The summed E-state index contributed by atoms with van der Waals surface area (Å²) in [6.45, 7) is 4.39. The summed E-state index contributed by atoms with van der Waals surface area (Å²) >= 11 is 6.23. The predicted molar refractivity (Wildman–Crippen MR) is 93.0 cm³/mol. The molecule has 5 heteroatoms. The molecule has 0 radical (unpaired) electrons. The number of aryl methyl sites for hydroxylation is 1. The van der Waals surface area contributed by atoms with Crippen LogP contribution in [0.1, 0.15) is 59.3 Å². The maximum atomic E-state index is 11.2. The van der Waals surface area contributed by atoms with Gasteiger partial charge in [-0.05, 0) is 41.5 Å². The van der Waals surface area contributed by atoms with Gasteiger partial charge in [-0.15, -0.1) is 0 Å². The number of aromatic nitrogens is 1. The largest absolute Gasteiger partial charge is 0.366 e. The third-order valence-corrected chi connectivity index (χ3v) is 4.64. The fraction of sp³-hybridized carbons (Fsp3) is 0.333.